The average Bonchev–Trinajstić information content (AvgIpc) is 2.46. The number of hydrogen-bond acceptors (Lipinski definition) is 4. The van der Waals surface area contributed by atoms with Crippen LogP contribution in [0.15, 0.2) is 18.2 Å². The first-order chi connectivity index (χ1) is 9.95. The molecule has 0 aliphatic heterocycles. The topological polar surface area (TPSA) is 55.4 Å². The minimum absolute atomic E-state index is 0.0732. The van der Waals surface area contributed by atoms with E-state index in [-0.39, 0.29) is 17.6 Å². The number of ether oxygens (including phenoxy) is 1. The molecule has 1 atom stereocenters. The van der Waals surface area contributed by atoms with E-state index in [0.717, 1.165) is 25.0 Å². The molecular weight excluding hydrogens is 286 g/mol. The quantitative estimate of drug-likeness (QED) is 0.877. The lowest BCUT2D eigenvalue weighted by molar-refractivity contribution is 0.332. The van der Waals surface area contributed by atoms with Gasteiger partial charge in [-0.1, -0.05) is 12.1 Å². The summed E-state index contributed by atoms with van der Waals surface area (Å²) in [5.41, 5.74) is 2.51. The summed E-state index contributed by atoms with van der Waals surface area (Å²) in [6.07, 6.45) is 3.26. The summed E-state index contributed by atoms with van der Waals surface area (Å²) in [5.74, 6) is 0.912. The Morgan fingerprint density at radius 1 is 1.38 bits per heavy atom. The van der Waals surface area contributed by atoms with Crippen molar-refractivity contribution < 1.29 is 13.2 Å². The van der Waals surface area contributed by atoms with Crippen LogP contribution in [0.3, 0.4) is 0 Å². The molecule has 1 unspecified atom stereocenters. The van der Waals surface area contributed by atoms with Gasteiger partial charge in [0.25, 0.3) is 0 Å². The Morgan fingerprint density at radius 3 is 2.81 bits per heavy atom. The molecule has 1 aromatic carbocycles. The summed E-state index contributed by atoms with van der Waals surface area (Å²) in [6.45, 7) is 3.63. The molecule has 0 bridgehead atoms. The van der Waals surface area contributed by atoms with Crippen LogP contribution in [0.4, 0.5) is 0 Å². The van der Waals surface area contributed by atoms with Crippen LogP contribution in [0.2, 0.25) is 0 Å². The van der Waals surface area contributed by atoms with Crippen molar-refractivity contribution in [3.05, 3.63) is 29.3 Å². The van der Waals surface area contributed by atoms with Gasteiger partial charge in [0.1, 0.15) is 12.4 Å². The van der Waals surface area contributed by atoms with E-state index in [1.807, 2.05) is 19.2 Å². The van der Waals surface area contributed by atoms with Crippen molar-refractivity contribution in [1.29, 1.82) is 0 Å². The molecular formula is C16H25NO3S. The maximum atomic E-state index is 11.8. The molecule has 118 valence electrons. The Bertz CT molecular complexity index is 581. The van der Waals surface area contributed by atoms with Gasteiger partial charge in [-0.2, -0.15) is 0 Å². The van der Waals surface area contributed by atoms with Crippen molar-refractivity contribution in [2.45, 2.75) is 44.4 Å². The second-order valence-corrected chi connectivity index (χ2v) is 8.50. The number of fused-ring (bicyclic) bond motifs is 1. The van der Waals surface area contributed by atoms with Gasteiger partial charge in [0.2, 0.25) is 0 Å². The van der Waals surface area contributed by atoms with Crippen LogP contribution in [0.25, 0.3) is 0 Å². The van der Waals surface area contributed by atoms with Crippen LogP contribution in [0.5, 0.6) is 5.75 Å². The van der Waals surface area contributed by atoms with Gasteiger partial charge in [-0.05, 0) is 57.4 Å². The van der Waals surface area contributed by atoms with Crippen molar-refractivity contribution in [3.63, 3.8) is 0 Å². The highest BCUT2D eigenvalue weighted by atomic mass is 32.2. The van der Waals surface area contributed by atoms with Crippen molar-refractivity contribution in [2.75, 3.05) is 19.4 Å². The second-order valence-electron chi connectivity index (χ2n) is 5.82. The van der Waals surface area contributed by atoms with Gasteiger partial charge in [0, 0.05) is 6.04 Å². The van der Waals surface area contributed by atoms with Gasteiger partial charge in [0.05, 0.1) is 11.0 Å². The molecule has 0 saturated heterocycles. The van der Waals surface area contributed by atoms with Crippen molar-refractivity contribution in [1.82, 2.24) is 5.32 Å². The third-order valence-electron chi connectivity index (χ3n) is 4.16. The van der Waals surface area contributed by atoms with Crippen LogP contribution < -0.4 is 10.1 Å². The van der Waals surface area contributed by atoms with Crippen molar-refractivity contribution in [2.24, 2.45) is 0 Å². The maximum Gasteiger partial charge on any atom is 0.155 e. The molecule has 1 aliphatic carbocycles. The fourth-order valence-corrected chi connectivity index (χ4v) is 3.54. The van der Waals surface area contributed by atoms with Crippen molar-refractivity contribution in [3.8, 4) is 5.75 Å². The molecule has 1 N–H and O–H groups in total. The van der Waals surface area contributed by atoms with E-state index in [2.05, 4.69) is 11.4 Å². The lowest BCUT2D eigenvalue weighted by Gasteiger charge is -2.26. The first kappa shape index (κ1) is 16.3. The lowest BCUT2D eigenvalue weighted by Crippen LogP contribution is -2.24. The predicted molar refractivity (Wildman–Crippen MR) is 85.6 cm³/mol. The SMILES string of the molecule is CNC1CCCc2c(OCCS(=O)(=O)C(C)C)cccc21. The van der Waals surface area contributed by atoms with Crippen LogP contribution in [0, 0.1) is 0 Å². The number of sulfone groups is 1. The zero-order chi connectivity index (χ0) is 15.5. The zero-order valence-electron chi connectivity index (χ0n) is 13.1. The van der Waals surface area contributed by atoms with Gasteiger partial charge in [-0.25, -0.2) is 8.42 Å². The standard InChI is InChI=1S/C16H25NO3S/c1-12(2)21(18,19)11-10-20-16-9-5-6-13-14(16)7-4-8-15(13)17-3/h5-6,9,12,15,17H,4,7-8,10-11H2,1-3H3. The fourth-order valence-electron chi connectivity index (χ4n) is 2.75. The molecule has 0 aromatic heterocycles. The Morgan fingerprint density at radius 2 is 2.14 bits per heavy atom. The molecule has 4 nitrogen and oxygen atoms in total. The van der Waals surface area contributed by atoms with Gasteiger partial charge in [-0.3, -0.25) is 0 Å². The minimum Gasteiger partial charge on any atom is -0.492 e. The maximum absolute atomic E-state index is 11.8. The van der Waals surface area contributed by atoms with Crippen LogP contribution >= 0.6 is 0 Å². The van der Waals surface area contributed by atoms with Crippen molar-refractivity contribution >= 4 is 9.84 Å². The molecule has 1 aromatic rings. The fraction of sp³-hybridized carbons (Fsp3) is 0.625. The highest BCUT2D eigenvalue weighted by Crippen LogP contribution is 2.35. The van der Waals surface area contributed by atoms with E-state index in [4.69, 9.17) is 4.74 Å². The molecule has 0 fully saturated rings. The molecule has 0 saturated carbocycles. The Labute approximate surface area is 127 Å². The summed E-state index contributed by atoms with van der Waals surface area (Å²) in [4.78, 5) is 0. The molecule has 0 spiro atoms. The van der Waals surface area contributed by atoms with E-state index < -0.39 is 9.84 Å². The third-order valence-corrected chi connectivity index (χ3v) is 6.33. The molecule has 5 heteroatoms. The summed E-state index contributed by atoms with van der Waals surface area (Å²) in [6, 6.07) is 6.43. The molecule has 0 heterocycles. The Kier molecular flexibility index (Phi) is 5.27. The highest BCUT2D eigenvalue weighted by molar-refractivity contribution is 7.91. The number of hydrogen-bond donors (Lipinski definition) is 1. The van der Waals surface area contributed by atoms with Gasteiger partial charge >= 0.3 is 0 Å². The summed E-state index contributed by atoms with van der Waals surface area (Å²) in [7, 11) is -1.07. The largest absolute Gasteiger partial charge is 0.492 e. The molecule has 21 heavy (non-hydrogen) atoms. The summed E-state index contributed by atoms with van der Waals surface area (Å²) < 4.78 is 29.4. The molecule has 0 radical (unpaired) electrons. The first-order valence-electron chi connectivity index (χ1n) is 7.59. The summed E-state index contributed by atoms with van der Waals surface area (Å²) in [5, 5.41) is 2.98. The highest BCUT2D eigenvalue weighted by Gasteiger charge is 2.22. The molecule has 2 rings (SSSR count). The van der Waals surface area contributed by atoms with Crippen LogP contribution in [0.1, 0.15) is 43.9 Å². The predicted octanol–water partition coefficient (Wildman–Crippen LogP) is 2.49. The Hall–Kier alpha value is -1.07. The molecule has 1 aliphatic rings. The van der Waals surface area contributed by atoms with E-state index in [1.165, 1.54) is 11.1 Å². The van der Waals surface area contributed by atoms with Gasteiger partial charge in [0.15, 0.2) is 9.84 Å². The third kappa shape index (κ3) is 3.77. The second kappa shape index (κ2) is 6.79. The Balaban J connectivity index is 2.08. The summed E-state index contributed by atoms with van der Waals surface area (Å²) >= 11 is 0. The van der Waals surface area contributed by atoms with Gasteiger partial charge in [-0.15, -0.1) is 0 Å². The zero-order valence-corrected chi connectivity index (χ0v) is 13.9. The minimum atomic E-state index is -3.04. The smallest absolute Gasteiger partial charge is 0.155 e. The van der Waals surface area contributed by atoms with Gasteiger partial charge < -0.3 is 10.1 Å². The van der Waals surface area contributed by atoms with E-state index in [1.54, 1.807) is 13.8 Å². The number of nitrogens with one attached hydrogen (secondary N) is 1. The average molecular weight is 311 g/mol. The van der Waals surface area contributed by atoms with E-state index in [9.17, 15) is 8.42 Å². The first-order valence-corrected chi connectivity index (χ1v) is 9.30. The monoisotopic (exact) mass is 311 g/mol. The number of benzene rings is 1. The van der Waals surface area contributed by atoms with E-state index >= 15 is 0 Å². The van der Waals surface area contributed by atoms with E-state index in [0.29, 0.717) is 6.04 Å². The normalized spacial score (nSPS) is 18.6. The van der Waals surface area contributed by atoms with Crippen LogP contribution in [-0.2, 0) is 16.3 Å². The van der Waals surface area contributed by atoms with Crippen LogP contribution in [-0.4, -0.2) is 33.1 Å². The lowest BCUT2D eigenvalue weighted by atomic mass is 9.87. The number of rotatable bonds is 6. The molecule has 0 amide bonds.